The number of carbonyl (C=O) groups is 2. The summed E-state index contributed by atoms with van der Waals surface area (Å²) in [5, 5.41) is 2.44. The van der Waals surface area contributed by atoms with E-state index in [9.17, 15) is 35.9 Å². The Morgan fingerprint density at radius 3 is 2.32 bits per heavy atom. The molecule has 1 aromatic rings. The standard InChI is InChI=1S/C19H22F6N2O4/c1-2-9-30-15-4-3-13(19(23,24)25)10-14(15)26-16(28)12-5-7-27(8-6-12)17(29)31-11-18(20,21)22/h3-4,10,12H,2,5-9,11H2,1H3,(H,26,28). The van der Waals surface area contributed by atoms with Gasteiger partial charge in [0.1, 0.15) is 5.75 Å². The number of hydrogen-bond acceptors (Lipinski definition) is 4. The van der Waals surface area contributed by atoms with Crippen molar-refractivity contribution in [1.82, 2.24) is 4.90 Å². The summed E-state index contributed by atoms with van der Waals surface area (Å²) in [5.41, 5.74) is -1.07. The molecule has 0 radical (unpaired) electrons. The highest BCUT2D eigenvalue weighted by Crippen LogP contribution is 2.35. The molecular weight excluding hydrogens is 434 g/mol. The van der Waals surface area contributed by atoms with Gasteiger partial charge in [0, 0.05) is 19.0 Å². The third kappa shape index (κ3) is 7.51. The minimum absolute atomic E-state index is 0.0173. The van der Waals surface area contributed by atoms with Gasteiger partial charge in [0.15, 0.2) is 6.61 Å². The van der Waals surface area contributed by atoms with E-state index >= 15 is 0 Å². The van der Waals surface area contributed by atoms with Gasteiger partial charge in [-0.2, -0.15) is 26.3 Å². The fourth-order valence-electron chi connectivity index (χ4n) is 2.94. The van der Waals surface area contributed by atoms with Crippen LogP contribution in [0.3, 0.4) is 0 Å². The molecule has 31 heavy (non-hydrogen) atoms. The summed E-state index contributed by atoms with van der Waals surface area (Å²) in [6, 6.07) is 2.77. The van der Waals surface area contributed by atoms with Gasteiger partial charge in [-0.3, -0.25) is 4.79 Å². The Labute approximate surface area is 174 Å². The highest BCUT2D eigenvalue weighted by atomic mass is 19.4. The number of benzene rings is 1. The number of piperidine rings is 1. The van der Waals surface area contributed by atoms with E-state index in [1.807, 2.05) is 6.92 Å². The number of carbonyl (C=O) groups excluding carboxylic acids is 2. The largest absolute Gasteiger partial charge is 0.491 e. The molecule has 0 saturated carbocycles. The molecule has 0 unspecified atom stereocenters. The summed E-state index contributed by atoms with van der Waals surface area (Å²) in [4.78, 5) is 25.3. The zero-order chi connectivity index (χ0) is 23.2. The molecule has 1 aliphatic heterocycles. The molecule has 0 atom stereocenters. The lowest BCUT2D eigenvalue weighted by atomic mass is 9.96. The smallest absolute Gasteiger partial charge is 0.422 e. The first kappa shape index (κ1) is 24.6. The van der Waals surface area contributed by atoms with E-state index in [4.69, 9.17) is 4.74 Å². The molecule has 0 aliphatic carbocycles. The van der Waals surface area contributed by atoms with Crippen LogP contribution >= 0.6 is 0 Å². The van der Waals surface area contributed by atoms with Crippen molar-refractivity contribution in [1.29, 1.82) is 0 Å². The SMILES string of the molecule is CCCOc1ccc(C(F)(F)F)cc1NC(=O)C1CCN(C(=O)OCC(F)(F)F)CC1. The van der Waals surface area contributed by atoms with Gasteiger partial charge in [0.05, 0.1) is 17.9 Å². The number of halogens is 6. The lowest BCUT2D eigenvalue weighted by Crippen LogP contribution is -2.42. The van der Waals surface area contributed by atoms with Gasteiger partial charge < -0.3 is 19.7 Å². The van der Waals surface area contributed by atoms with Crippen LogP contribution in [0.4, 0.5) is 36.8 Å². The molecule has 1 heterocycles. The van der Waals surface area contributed by atoms with E-state index in [1.54, 1.807) is 0 Å². The molecule has 1 aliphatic rings. The van der Waals surface area contributed by atoms with Gasteiger partial charge >= 0.3 is 18.4 Å². The van der Waals surface area contributed by atoms with Crippen molar-refractivity contribution >= 4 is 17.7 Å². The van der Waals surface area contributed by atoms with Crippen molar-refractivity contribution in [2.24, 2.45) is 5.92 Å². The summed E-state index contributed by atoms with van der Waals surface area (Å²) in [6.07, 6.45) is -9.53. The molecule has 1 N–H and O–H groups in total. The number of hydrogen-bond donors (Lipinski definition) is 1. The second kappa shape index (κ2) is 10.1. The Morgan fingerprint density at radius 2 is 1.77 bits per heavy atom. The zero-order valence-corrected chi connectivity index (χ0v) is 16.6. The van der Waals surface area contributed by atoms with Crippen LogP contribution in [0, 0.1) is 5.92 Å². The summed E-state index contributed by atoms with van der Waals surface area (Å²) in [5.74, 6) is -1.11. The Bertz CT molecular complexity index is 774. The third-order valence-corrected chi connectivity index (χ3v) is 4.51. The van der Waals surface area contributed by atoms with Crippen molar-refractivity contribution in [2.75, 3.05) is 31.6 Å². The van der Waals surface area contributed by atoms with Crippen LogP contribution in [0.2, 0.25) is 0 Å². The average molecular weight is 456 g/mol. The molecule has 174 valence electrons. The Balaban J connectivity index is 2.00. The Morgan fingerprint density at radius 1 is 1.13 bits per heavy atom. The predicted octanol–water partition coefficient (Wildman–Crippen LogP) is 4.84. The van der Waals surface area contributed by atoms with Crippen molar-refractivity contribution < 1.29 is 45.4 Å². The number of alkyl halides is 6. The van der Waals surface area contributed by atoms with Gasteiger partial charge in [-0.05, 0) is 37.5 Å². The maximum atomic E-state index is 13.0. The highest BCUT2D eigenvalue weighted by Gasteiger charge is 2.34. The molecule has 1 saturated heterocycles. The molecule has 0 spiro atoms. The zero-order valence-electron chi connectivity index (χ0n) is 16.6. The summed E-state index contributed by atoms with van der Waals surface area (Å²) >= 11 is 0. The van der Waals surface area contributed by atoms with Crippen molar-refractivity contribution in [3.05, 3.63) is 23.8 Å². The number of amides is 2. The molecule has 2 amide bonds. The van der Waals surface area contributed by atoms with Crippen molar-refractivity contribution in [2.45, 2.75) is 38.5 Å². The topological polar surface area (TPSA) is 67.9 Å². The Hall–Kier alpha value is -2.66. The molecule has 1 fully saturated rings. The van der Waals surface area contributed by atoms with Gasteiger partial charge in [-0.15, -0.1) is 0 Å². The molecule has 0 bridgehead atoms. The van der Waals surface area contributed by atoms with Crippen molar-refractivity contribution in [3.8, 4) is 5.75 Å². The van der Waals surface area contributed by atoms with E-state index in [0.717, 1.165) is 23.1 Å². The number of rotatable bonds is 6. The molecule has 0 aromatic heterocycles. The number of ether oxygens (including phenoxy) is 2. The maximum Gasteiger partial charge on any atom is 0.422 e. The van der Waals surface area contributed by atoms with Gasteiger partial charge in [0.2, 0.25) is 5.91 Å². The number of nitrogens with one attached hydrogen (secondary N) is 1. The fraction of sp³-hybridized carbons (Fsp3) is 0.579. The third-order valence-electron chi connectivity index (χ3n) is 4.51. The lowest BCUT2D eigenvalue weighted by Gasteiger charge is -2.30. The Kier molecular flexibility index (Phi) is 8.02. The monoisotopic (exact) mass is 456 g/mol. The number of anilines is 1. The molecular formula is C19H22F6N2O4. The summed E-state index contributed by atoms with van der Waals surface area (Å²) < 4.78 is 85.1. The van der Waals surface area contributed by atoms with Crippen molar-refractivity contribution in [3.63, 3.8) is 0 Å². The van der Waals surface area contributed by atoms with Crippen LogP contribution in [0.5, 0.6) is 5.75 Å². The summed E-state index contributed by atoms with van der Waals surface area (Å²) in [7, 11) is 0. The fourth-order valence-corrected chi connectivity index (χ4v) is 2.94. The van der Waals surface area contributed by atoms with Crippen LogP contribution in [-0.2, 0) is 15.7 Å². The average Bonchev–Trinajstić information content (AvgIpc) is 2.69. The van der Waals surface area contributed by atoms with Crippen LogP contribution in [-0.4, -0.2) is 49.4 Å². The van der Waals surface area contributed by atoms with Gasteiger partial charge in [-0.25, -0.2) is 4.79 Å². The van der Waals surface area contributed by atoms with Gasteiger partial charge in [0.25, 0.3) is 0 Å². The van der Waals surface area contributed by atoms with E-state index in [0.29, 0.717) is 6.42 Å². The molecule has 1 aromatic carbocycles. The summed E-state index contributed by atoms with van der Waals surface area (Å²) in [6.45, 7) is 0.317. The maximum absolute atomic E-state index is 13.0. The first-order valence-electron chi connectivity index (χ1n) is 9.54. The van der Waals surface area contributed by atoms with Crippen LogP contribution in [0.1, 0.15) is 31.7 Å². The quantitative estimate of drug-likeness (QED) is 0.622. The lowest BCUT2D eigenvalue weighted by molar-refractivity contribution is -0.162. The molecule has 12 heteroatoms. The van der Waals surface area contributed by atoms with E-state index in [-0.39, 0.29) is 44.0 Å². The first-order chi connectivity index (χ1) is 14.4. The minimum atomic E-state index is -4.64. The minimum Gasteiger partial charge on any atom is -0.491 e. The predicted molar refractivity (Wildman–Crippen MR) is 97.6 cm³/mol. The van der Waals surface area contributed by atoms with Crippen LogP contribution in [0.15, 0.2) is 18.2 Å². The van der Waals surface area contributed by atoms with Gasteiger partial charge in [-0.1, -0.05) is 6.92 Å². The van der Waals surface area contributed by atoms with E-state index in [1.165, 1.54) is 0 Å². The van der Waals surface area contributed by atoms with E-state index < -0.39 is 42.4 Å². The first-order valence-corrected chi connectivity index (χ1v) is 9.54. The second-order valence-corrected chi connectivity index (χ2v) is 6.98. The second-order valence-electron chi connectivity index (χ2n) is 6.98. The van der Waals surface area contributed by atoms with Crippen LogP contribution < -0.4 is 10.1 Å². The highest BCUT2D eigenvalue weighted by molar-refractivity contribution is 5.94. The molecule has 6 nitrogen and oxygen atoms in total. The number of likely N-dealkylation sites (tertiary alicyclic amines) is 1. The normalized spacial score (nSPS) is 15.5. The van der Waals surface area contributed by atoms with Crippen LogP contribution in [0.25, 0.3) is 0 Å². The number of nitrogens with zero attached hydrogens (tertiary/aromatic N) is 1. The van der Waals surface area contributed by atoms with E-state index in [2.05, 4.69) is 10.1 Å². The molecule has 2 rings (SSSR count).